The molecule has 5 heteroatoms. The van der Waals surface area contributed by atoms with E-state index < -0.39 is 0 Å². The van der Waals surface area contributed by atoms with Gasteiger partial charge in [-0.15, -0.1) is 0 Å². The maximum atomic E-state index is 6.01. The summed E-state index contributed by atoms with van der Waals surface area (Å²) in [4.78, 5) is 7.09. The molecule has 1 aromatic carbocycles. The Hall–Kier alpha value is -2.20. The maximum absolute atomic E-state index is 6.01. The van der Waals surface area contributed by atoms with Crippen LogP contribution in [-0.4, -0.2) is 28.3 Å². The maximum Gasteiger partial charge on any atom is 0.129 e. The number of hydrogen-bond acceptors (Lipinski definition) is 4. The Balaban J connectivity index is 1.92. The summed E-state index contributed by atoms with van der Waals surface area (Å²) in [6.07, 6.45) is 5.96. The first kappa shape index (κ1) is 13.5. The molecule has 0 bridgehead atoms. The van der Waals surface area contributed by atoms with Crippen LogP contribution in [0.15, 0.2) is 42.7 Å². The summed E-state index contributed by atoms with van der Waals surface area (Å²) < 4.78 is 0. The van der Waals surface area contributed by atoms with Gasteiger partial charge in [0.2, 0.25) is 0 Å². The number of aromatic nitrogens is 3. The number of fused-ring (bicyclic) bond motifs is 1. The van der Waals surface area contributed by atoms with E-state index in [2.05, 4.69) is 21.2 Å². The second-order valence-electron chi connectivity index (χ2n) is 5.52. The average Bonchev–Trinajstić information content (AvgIpc) is 3.09. The first-order chi connectivity index (χ1) is 10.8. The Kier molecular flexibility index (Phi) is 3.39. The van der Waals surface area contributed by atoms with Gasteiger partial charge in [-0.2, -0.15) is 10.2 Å². The summed E-state index contributed by atoms with van der Waals surface area (Å²) in [6.45, 7) is 2.13. The van der Waals surface area contributed by atoms with Crippen molar-refractivity contribution >= 4 is 28.3 Å². The molecule has 4 rings (SSSR count). The molecule has 1 saturated heterocycles. The molecule has 22 heavy (non-hydrogen) atoms. The van der Waals surface area contributed by atoms with Crippen LogP contribution in [0.1, 0.15) is 12.8 Å². The highest BCUT2D eigenvalue weighted by atomic mass is 35.5. The van der Waals surface area contributed by atoms with Crippen LogP contribution in [0, 0.1) is 0 Å². The van der Waals surface area contributed by atoms with Gasteiger partial charge in [0.15, 0.2) is 0 Å². The molecular formula is C17H15ClN4. The normalized spacial score (nSPS) is 14.7. The minimum absolute atomic E-state index is 0.738. The Morgan fingerprint density at radius 2 is 1.68 bits per heavy atom. The van der Waals surface area contributed by atoms with Crippen molar-refractivity contribution in [3.05, 3.63) is 47.7 Å². The molecule has 1 aliphatic rings. The molecule has 0 saturated carbocycles. The van der Waals surface area contributed by atoms with Crippen molar-refractivity contribution in [3.8, 4) is 11.1 Å². The highest BCUT2D eigenvalue weighted by Crippen LogP contribution is 2.32. The molecule has 0 unspecified atom stereocenters. The molecule has 2 aromatic heterocycles. The van der Waals surface area contributed by atoms with Gasteiger partial charge in [0.1, 0.15) is 5.82 Å². The third kappa shape index (κ3) is 2.40. The van der Waals surface area contributed by atoms with Crippen molar-refractivity contribution in [1.29, 1.82) is 0 Å². The third-order valence-corrected chi connectivity index (χ3v) is 4.35. The van der Waals surface area contributed by atoms with Crippen LogP contribution in [-0.2, 0) is 0 Å². The van der Waals surface area contributed by atoms with E-state index in [4.69, 9.17) is 16.6 Å². The Morgan fingerprint density at radius 1 is 0.955 bits per heavy atom. The Morgan fingerprint density at radius 3 is 2.45 bits per heavy atom. The predicted octanol–water partition coefficient (Wildman–Crippen LogP) is 3.95. The molecule has 0 N–H and O–H groups in total. The lowest BCUT2D eigenvalue weighted by atomic mass is 10.0. The van der Waals surface area contributed by atoms with Crippen LogP contribution < -0.4 is 4.90 Å². The highest BCUT2D eigenvalue weighted by Gasteiger charge is 2.16. The van der Waals surface area contributed by atoms with Crippen LogP contribution in [0.2, 0.25) is 5.02 Å². The molecule has 0 amide bonds. The van der Waals surface area contributed by atoms with Crippen molar-refractivity contribution in [2.45, 2.75) is 12.8 Å². The Labute approximate surface area is 133 Å². The van der Waals surface area contributed by atoms with Crippen LogP contribution in [0.25, 0.3) is 22.0 Å². The summed E-state index contributed by atoms with van der Waals surface area (Å²) in [6, 6.07) is 10.0. The number of anilines is 1. The molecule has 0 radical (unpaired) electrons. The number of nitrogens with zero attached hydrogens (tertiary/aromatic N) is 4. The summed E-state index contributed by atoms with van der Waals surface area (Å²) >= 11 is 6.01. The van der Waals surface area contributed by atoms with E-state index in [1.165, 1.54) is 12.8 Å². The molecule has 110 valence electrons. The van der Waals surface area contributed by atoms with Crippen molar-refractivity contribution < 1.29 is 0 Å². The molecule has 1 fully saturated rings. The molecule has 0 spiro atoms. The van der Waals surface area contributed by atoms with Gasteiger partial charge < -0.3 is 4.90 Å². The topological polar surface area (TPSA) is 41.9 Å². The van der Waals surface area contributed by atoms with Crippen LogP contribution >= 0.6 is 11.6 Å². The van der Waals surface area contributed by atoms with Gasteiger partial charge in [-0.3, -0.25) is 0 Å². The monoisotopic (exact) mass is 310 g/mol. The van der Waals surface area contributed by atoms with Crippen molar-refractivity contribution in [2.75, 3.05) is 18.0 Å². The minimum atomic E-state index is 0.738. The summed E-state index contributed by atoms with van der Waals surface area (Å²) in [5.74, 6) is 1.02. The quantitative estimate of drug-likeness (QED) is 0.719. The third-order valence-electron chi connectivity index (χ3n) is 4.09. The minimum Gasteiger partial charge on any atom is -0.357 e. The molecule has 3 heterocycles. The standard InChI is InChI=1S/C17H15ClN4/c18-13-5-3-12(4-6-13)14-9-17(22-7-1-2-8-22)21-16-11-20-19-10-15(14)16/h3-6,9-11H,1-2,7-8H2. The molecule has 0 atom stereocenters. The molecule has 4 nitrogen and oxygen atoms in total. The fourth-order valence-corrected chi connectivity index (χ4v) is 3.08. The number of rotatable bonds is 2. The largest absolute Gasteiger partial charge is 0.357 e. The summed E-state index contributed by atoms with van der Waals surface area (Å²) in [5.41, 5.74) is 3.12. The number of hydrogen-bond donors (Lipinski definition) is 0. The van der Waals surface area contributed by atoms with Gasteiger partial charge in [0.25, 0.3) is 0 Å². The lowest BCUT2D eigenvalue weighted by Gasteiger charge is -2.18. The Bertz CT molecular complexity index is 811. The van der Waals surface area contributed by atoms with Crippen LogP contribution in [0.5, 0.6) is 0 Å². The van der Waals surface area contributed by atoms with E-state index in [1.807, 2.05) is 24.3 Å². The van der Waals surface area contributed by atoms with Crippen LogP contribution in [0.4, 0.5) is 5.82 Å². The SMILES string of the molecule is Clc1ccc(-c2cc(N3CCCC3)nc3cnncc23)cc1. The fourth-order valence-electron chi connectivity index (χ4n) is 2.95. The molecule has 3 aromatic rings. The zero-order chi connectivity index (χ0) is 14.9. The zero-order valence-corrected chi connectivity index (χ0v) is 12.8. The van der Waals surface area contributed by atoms with Gasteiger partial charge in [-0.25, -0.2) is 4.98 Å². The fraction of sp³-hybridized carbons (Fsp3) is 0.235. The lowest BCUT2D eigenvalue weighted by molar-refractivity contribution is 0.942. The van der Waals surface area contributed by atoms with E-state index in [9.17, 15) is 0 Å². The summed E-state index contributed by atoms with van der Waals surface area (Å²) in [5, 5.41) is 9.74. The van der Waals surface area contributed by atoms with Gasteiger partial charge in [-0.1, -0.05) is 23.7 Å². The van der Waals surface area contributed by atoms with Crippen molar-refractivity contribution in [1.82, 2.24) is 15.2 Å². The average molecular weight is 311 g/mol. The predicted molar refractivity (Wildman–Crippen MR) is 89.2 cm³/mol. The first-order valence-electron chi connectivity index (χ1n) is 7.43. The second kappa shape index (κ2) is 5.54. The second-order valence-corrected chi connectivity index (χ2v) is 5.95. The van der Waals surface area contributed by atoms with Gasteiger partial charge in [-0.05, 0) is 42.2 Å². The smallest absolute Gasteiger partial charge is 0.129 e. The number of pyridine rings is 1. The molecule has 1 aliphatic heterocycles. The van der Waals surface area contributed by atoms with E-state index >= 15 is 0 Å². The van der Waals surface area contributed by atoms with Crippen molar-refractivity contribution in [2.24, 2.45) is 0 Å². The summed E-state index contributed by atoms with van der Waals surface area (Å²) in [7, 11) is 0. The molecular weight excluding hydrogens is 296 g/mol. The van der Waals surface area contributed by atoms with Gasteiger partial charge >= 0.3 is 0 Å². The van der Waals surface area contributed by atoms with E-state index in [-0.39, 0.29) is 0 Å². The van der Waals surface area contributed by atoms with E-state index in [1.54, 1.807) is 12.4 Å². The number of benzene rings is 1. The first-order valence-corrected chi connectivity index (χ1v) is 7.81. The highest BCUT2D eigenvalue weighted by molar-refractivity contribution is 6.30. The van der Waals surface area contributed by atoms with E-state index in [0.717, 1.165) is 46.0 Å². The van der Waals surface area contributed by atoms with Crippen molar-refractivity contribution in [3.63, 3.8) is 0 Å². The van der Waals surface area contributed by atoms with Gasteiger partial charge in [0.05, 0.1) is 17.9 Å². The van der Waals surface area contributed by atoms with Crippen LogP contribution in [0.3, 0.4) is 0 Å². The lowest BCUT2D eigenvalue weighted by Crippen LogP contribution is -2.19. The number of halogens is 1. The molecule has 0 aliphatic carbocycles. The van der Waals surface area contributed by atoms with E-state index in [0.29, 0.717) is 0 Å². The zero-order valence-electron chi connectivity index (χ0n) is 12.0. The van der Waals surface area contributed by atoms with Gasteiger partial charge in [0, 0.05) is 23.5 Å².